The normalized spacial score (nSPS) is 34.1. The van der Waals surface area contributed by atoms with Crippen molar-refractivity contribution in [2.24, 2.45) is 5.41 Å². The van der Waals surface area contributed by atoms with Gasteiger partial charge < -0.3 is 15.0 Å². The number of hydrogen-bond acceptors (Lipinski definition) is 3. The van der Waals surface area contributed by atoms with Gasteiger partial charge in [-0.15, -0.1) is 0 Å². The van der Waals surface area contributed by atoms with Crippen molar-refractivity contribution < 1.29 is 9.53 Å². The largest absolute Gasteiger partial charge is 0.378 e. The number of carbonyl (C=O) groups is 1. The second-order valence-corrected chi connectivity index (χ2v) is 6.11. The lowest BCUT2D eigenvalue weighted by Gasteiger charge is -2.55. The van der Waals surface area contributed by atoms with Crippen LogP contribution in [-0.4, -0.2) is 49.2 Å². The van der Waals surface area contributed by atoms with Gasteiger partial charge in [0.1, 0.15) is 0 Å². The first-order valence-corrected chi connectivity index (χ1v) is 7.10. The van der Waals surface area contributed by atoms with E-state index >= 15 is 0 Å². The Morgan fingerprint density at radius 1 is 1.50 bits per heavy atom. The number of nitrogens with zero attached hydrogens (tertiary/aromatic N) is 1. The smallest absolute Gasteiger partial charge is 0.239 e. The SMILES string of the molecule is CCO[C@H]1C[C@@H](N(C)C(=O)[C@@H]2CCCN2)C1(C)C. The fraction of sp³-hybridized carbons (Fsp3) is 0.929. The topological polar surface area (TPSA) is 41.6 Å². The first-order chi connectivity index (χ1) is 8.48. The Balaban J connectivity index is 1.94. The van der Waals surface area contributed by atoms with Crippen LogP contribution in [0.15, 0.2) is 0 Å². The van der Waals surface area contributed by atoms with E-state index < -0.39 is 0 Å². The third kappa shape index (κ3) is 2.28. The molecule has 0 spiro atoms. The average Bonchev–Trinajstić information content (AvgIpc) is 2.86. The van der Waals surface area contributed by atoms with Crippen molar-refractivity contribution in [3.63, 3.8) is 0 Å². The highest BCUT2D eigenvalue weighted by atomic mass is 16.5. The molecule has 0 radical (unpaired) electrons. The molecule has 1 heterocycles. The molecule has 104 valence electrons. The predicted octanol–water partition coefficient (Wildman–Crippen LogP) is 1.40. The minimum absolute atomic E-state index is 0.0388. The molecule has 0 aromatic rings. The molecule has 0 aromatic heterocycles. The maximum atomic E-state index is 12.4. The van der Waals surface area contributed by atoms with Gasteiger partial charge in [-0.05, 0) is 32.7 Å². The minimum Gasteiger partial charge on any atom is -0.378 e. The molecule has 2 rings (SSSR count). The molecule has 1 saturated carbocycles. The van der Waals surface area contributed by atoms with Gasteiger partial charge >= 0.3 is 0 Å². The van der Waals surface area contributed by atoms with E-state index in [1.54, 1.807) is 0 Å². The van der Waals surface area contributed by atoms with Gasteiger partial charge in [0.05, 0.1) is 12.1 Å². The number of likely N-dealkylation sites (N-methyl/N-ethyl adjacent to an activating group) is 1. The van der Waals surface area contributed by atoms with Crippen molar-refractivity contribution in [1.82, 2.24) is 10.2 Å². The van der Waals surface area contributed by atoms with Crippen molar-refractivity contribution in [3.05, 3.63) is 0 Å². The van der Waals surface area contributed by atoms with Crippen LogP contribution in [0.3, 0.4) is 0 Å². The zero-order valence-corrected chi connectivity index (χ0v) is 12.0. The minimum atomic E-state index is 0.0388. The highest BCUT2D eigenvalue weighted by molar-refractivity contribution is 5.82. The number of hydrogen-bond donors (Lipinski definition) is 1. The molecule has 1 aliphatic carbocycles. The molecule has 2 fully saturated rings. The molecular formula is C14H26N2O2. The molecule has 2 aliphatic rings. The Hall–Kier alpha value is -0.610. The molecule has 18 heavy (non-hydrogen) atoms. The van der Waals surface area contributed by atoms with E-state index in [9.17, 15) is 4.79 Å². The van der Waals surface area contributed by atoms with Gasteiger partial charge in [0.25, 0.3) is 0 Å². The lowest BCUT2D eigenvalue weighted by molar-refractivity contribution is -0.164. The van der Waals surface area contributed by atoms with Gasteiger partial charge in [0.15, 0.2) is 0 Å². The van der Waals surface area contributed by atoms with Gasteiger partial charge in [-0.2, -0.15) is 0 Å². The zero-order valence-electron chi connectivity index (χ0n) is 12.0. The molecule has 0 unspecified atom stereocenters. The Morgan fingerprint density at radius 3 is 2.72 bits per heavy atom. The van der Waals surface area contributed by atoms with E-state index in [1.165, 1.54) is 0 Å². The van der Waals surface area contributed by atoms with E-state index in [4.69, 9.17) is 4.74 Å². The summed E-state index contributed by atoms with van der Waals surface area (Å²) in [6, 6.07) is 0.348. The second-order valence-electron chi connectivity index (χ2n) is 6.11. The Labute approximate surface area is 110 Å². The van der Waals surface area contributed by atoms with Crippen LogP contribution < -0.4 is 5.32 Å². The Kier molecular flexibility index (Phi) is 3.97. The van der Waals surface area contributed by atoms with E-state index in [0.717, 1.165) is 32.4 Å². The summed E-state index contributed by atoms with van der Waals surface area (Å²) in [5, 5.41) is 3.28. The van der Waals surface area contributed by atoms with Crippen LogP contribution in [0.1, 0.15) is 40.0 Å². The molecule has 1 aliphatic heterocycles. The van der Waals surface area contributed by atoms with E-state index in [-0.39, 0.29) is 17.4 Å². The fourth-order valence-electron chi connectivity index (χ4n) is 3.30. The Morgan fingerprint density at radius 2 is 2.22 bits per heavy atom. The maximum Gasteiger partial charge on any atom is 0.239 e. The van der Waals surface area contributed by atoms with Gasteiger partial charge in [0.2, 0.25) is 5.91 Å². The van der Waals surface area contributed by atoms with Crippen LogP contribution >= 0.6 is 0 Å². The summed E-state index contributed by atoms with van der Waals surface area (Å²) in [4.78, 5) is 14.3. The number of amides is 1. The van der Waals surface area contributed by atoms with E-state index in [0.29, 0.717) is 12.1 Å². The number of ether oxygens (including phenoxy) is 1. The first kappa shape index (κ1) is 13.8. The quantitative estimate of drug-likeness (QED) is 0.824. The lowest BCUT2D eigenvalue weighted by Crippen LogP contribution is -2.63. The van der Waals surface area contributed by atoms with Crippen LogP contribution in [0, 0.1) is 5.41 Å². The average molecular weight is 254 g/mol. The molecule has 4 nitrogen and oxygen atoms in total. The van der Waals surface area contributed by atoms with Crippen LogP contribution in [0.2, 0.25) is 0 Å². The van der Waals surface area contributed by atoms with Crippen LogP contribution in [0.25, 0.3) is 0 Å². The molecular weight excluding hydrogens is 228 g/mol. The highest BCUT2D eigenvalue weighted by Gasteiger charge is 2.52. The summed E-state index contributed by atoms with van der Waals surface area (Å²) < 4.78 is 5.73. The van der Waals surface area contributed by atoms with Gasteiger partial charge in [-0.25, -0.2) is 0 Å². The summed E-state index contributed by atoms with van der Waals surface area (Å²) in [5.41, 5.74) is 0.0685. The highest BCUT2D eigenvalue weighted by Crippen LogP contribution is 2.45. The second kappa shape index (κ2) is 5.17. The van der Waals surface area contributed by atoms with E-state index in [2.05, 4.69) is 19.2 Å². The van der Waals surface area contributed by atoms with Crippen molar-refractivity contribution >= 4 is 5.91 Å². The molecule has 0 bridgehead atoms. The molecule has 1 saturated heterocycles. The van der Waals surface area contributed by atoms with Crippen LogP contribution in [0.4, 0.5) is 0 Å². The van der Waals surface area contributed by atoms with Crippen LogP contribution in [-0.2, 0) is 9.53 Å². The Bertz CT molecular complexity index is 311. The van der Waals surface area contributed by atoms with Gasteiger partial charge in [-0.1, -0.05) is 13.8 Å². The zero-order chi connectivity index (χ0) is 13.3. The molecule has 1 N–H and O–H groups in total. The van der Waals surface area contributed by atoms with Crippen molar-refractivity contribution in [3.8, 4) is 0 Å². The summed E-state index contributed by atoms with van der Waals surface area (Å²) >= 11 is 0. The summed E-state index contributed by atoms with van der Waals surface area (Å²) in [5.74, 6) is 0.250. The number of rotatable bonds is 4. The summed E-state index contributed by atoms with van der Waals surface area (Å²) in [7, 11) is 1.94. The first-order valence-electron chi connectivity index (χ1n) is 7.10. The van der Waals surface area contributed by atoms with Crippen molar-refractivity contribution in [2.75, 3.05) is 20.2 Å². The monoisotopic (exact) mass is 254 g/mol. The number of nitrogens with one attached hydrogen (secondary N) is 1. The fourth-order valence-corrected chi connectivity index (χ4v) is 3.30. The maximum absolute atomic E-state index is 12.4. The van der Waals surface area contributed by atoms with Gasteiger partial charge in [0, 0.05) is 25.1 Å². The molecule has 3 atom stereocenters. The third-order valence-corrected chi connectivity index (χ3v) is 4.67. The lowest BCUT2D eigenvalue weighted by atomic mass is 9.63. The van der Waals surface area contributed by atoms with Crippen LogP contribution in [0.5, 0.6) is 0 Å². The van der Waals surface area contributed by atoms with Crippen molar-refractivity contribution in [1.29, 1.82) is 0 Å². The molecule has 1 amide bonds. The standard InChI is InChI=1S/C14H26N2O2/c1-5-18-12-9-11(14(12,2)3)16(4)13(17)10-7-6-8-15-10/h10-12,15H,5-9H2,1-4H3/t10-,11+,12-/m0/s1. The molecule has 0 aromatic carbocycles. The van der Waals surface area contributed by atoms with Gasteiger partial charge in [-0.3, -0.25) is 4.79 Å². The van der Waals surface area contributed by atoms with Crippen molar-refractivity contribution in [2.45, 2.75) is 58.2 Å². The third-order valence-electron chi connectivity index (χ3n) is 4.67. The van der Waals surface area contributed by atoms with E-state index in [1.807, 2.05) is 18.9 Å². The predicted molar refractivity (Wildman–Crippen MR) is 71.4 cm³/mol. The molecule has 4 heteroatoms. The summed E-state index contributed by atoms with van der Waals surface area (Å²) in [6.45, 7) is 8.16. The summed E-state index contributed by atoms with van der Waals surface area (Å²) in [6.07, 6.45) is 3.35. The number of carbonyl (C=O) groups excluding carboxylic acids is 1.